The van der Waals surface area contributed by atoms with Gasteiger partial charge in [-0.2, -0.15) is 0 Å². The summed E-state index contributed by atoms with van der Waals surface area (Å²) in [6.07, 6.45) is -0.208. The maximum Gasteiger partial charge on any atom is 0.179 e. The first-order chi connectivity index (χ1) is 9.51. The Hall–Kier alpha value is -0.940. The van der Waals surface area contributed by atoms with Gasteiger partial charge in [-0.25, -0.2) is 0 Å². The number of Topliss-reactive ketones (excluding diaryl/α,β-unsaturated/α-hetero) is 1. The predicted molar refractivity (Wildman–Crippen MR) is 78.2 cm³/mol. The van der Waals surface area contributed by atoms with E-state index in [9.17, 15) is 9.90 Å². The summed E-state index contributed by atoms with van der Waals surface area (Å²) in [7, 11) is 0. The van der Waals surface area contributed by atoms with Gasteiger partial charge in [0.05, 0.1) is 24.9 Å². The highest BCUT2D eigenvalue weighted by atomic mass is 35.5. The van der Waals surface area contributed by atoms with Gasteiger partial charge in [0.2, 0.25) is 0 Å². The Morgan fingerprint density at radius 2 is 2.10 bits per heavy atom. The number of hydrogen-bond acceptors (Lipinski definition) is 4. The number of hydrogen-bond donors (Lipinski definition) is 1. The van der Waals surface area contributed by atoms with Crippen molar-refractivity contribution in [3.63, 3.8) is 0 Å². The summed E-state index contributed by atoms with van der Waals surface area (Å²) >= 11 is 5.84. The third kappa shape index (κ3) is 3.58. The molecule has 1 aliphatic rings. The van der Waals surface area contributed by atoms with Crippen LogP contribution in [0.2, 0.25) is 5.02 Å². The minimum atomic E-state index is -0.239. The van der Waals surface area contributed by atoms with Gasteiger partial charge < -0.3 is 9.84 Å². The zero-order valence-electron chi connectivity index (χ0n) is 11.8. The molecule has 20 heavy (non-hydrogen) atoms. The van der Waals surface area contributed by atoms with E-state index in [2.05, 4.69) is 4.90 Å². The lowest BCUT2D eigenvalue weighted by Gasteiger charge is -2.38. The van der Waals surface area contributed by atoms with Crippen LogP contribution in [0.4, 0.5) is 0 Å². The van der Waals surface area contributed by atoms with Crippen molar-refractivity contribution in [2.75, 3.05) is 19.7 Å². The lowest BCUT2D eigenvalue weighted by molar-refractivity contribution is -0.100. The van der Waals surface area contributed by atoms with Gasteiger partial charge in [0.25, 0.3) is 0 Å². The van der Waals surface area contributed by atoms with E-state index in [-0.39, 0.29) is 30.6 Å². The molecule has 0 saturated carbocycles. The number of carbonyl (C=O) groups excluding carboxylic acids is 1. The molecule has 110 valence electrons. The van der Waals surface area contributed by atoms with Crippen LogP contribution in [0.15, 0.2) is 24.3 Å². The molecule has 0 aromatic heterocycles. The molecule has 3 unspecified atom stereocenters. The molecule has 0 spiro atoms. The van der Waals surface area contributed by atoms with Crippen molar-refractivity contribution < 1.29 is 14.6 Å². The maximum absolute atomic E-state index is 12.5. The molecule has 1 saturated heterocycles. The van der Waals surface area contributed by atoms with Crippen LogP contribution in [0.5, 0.6) is 0 Å². The molecule has 1 aromatic rings. The summed E-state index contributed by atoms with van der Waals surface area (Å²) in [5, 5.41) is 9.86. The molecule has 3 atom stereocenters. The van der Waals surface area contributed by atoms with Crippen molar-refractivity contribution >= 4 is 17.4 Å². The highest BCUT2D eigenvalue weighted by molar-refractivity contribution is 6.30. The number of carbonyl (C=O) groups is 1. The third-order valence-corrected chi connectivity index (χ3v) is 3.87. The molecule has 0 bridgehead atoms. The zero-order chi connectivity index (χ0) is 14.7. The summed E-state index contributed by atoms with van der Waals surface area (Å²) in [5.41, 5.74) is 0.654. The lowest BCUT2D eigenvalue weighted by atomic mass is 10.0. The standard InChI is InChI=1S/C15H20ClNO3/c1-10-7-17(8-14(9-18)20-10)11(2)15(19)12-3-5-13(16)6-4-12/h3-6,10-11,14,18H,7-9H2,1-2H3. The molecule has 1 fully saturated rings. The summed E-state index contributed by atoms with van der Waals surface area (Å²) in [4.78, 5) is 14.5. The molecule has 1 N–H and O–H groups in total. The van der Waals surface area contributed by atoms with Crippen molar-refractivity contribution in [1.82, 2.24) is 4.90 Å². The maximum atomic E-state index is 12.5. The Labute approximate surface area is 124 Å². The Bertz CT molecular complexity index is 463. The predicted octanol–water partition coefficient (Wildman–Crippen LogP) is 1.99. The van der Waals surface area contributed by atoms with E-state index in [1.165, 1.54) is 0 Å². The van der Waals surface area contributed by atoms with E-state index in [4.69, 9.17) is 16.3 Å². The minimum Gasteiger partial charge on any atom is -0.394 e. The second-order valence-corrected chi connectivity index (χ2v) is 5.69. The normalized spacial score (nSPS) is 25.4. The molecule has 1 heterocycles. The van der Waals surface area contributed by atoms with E-state index >= 15 is 0 Å². The average Bonchev–Trinajstić information content (AvgIpc) is 2.45. The second-order valence-electron chi connectivity index (χ2n) is 5.25. The largest absolute Gasteiger partial charge is 0.394 e. The number of aliphatic hydroxyl groups excluding tert-OH is 1. The fourth-order valence-electron chi connectivity index (χ4n) is 2.52. The monoisotopic (exact) mass is 297 g/mol. The van der Waals surface area contributed by atoms with Crippen molar-refractivity contribution in [3.8, 4) is 0 Å². The number of ether oxygens (including phenoxy) is 1. The number of rotatable bonds is 4. The first kappa shape index (κ1) is 15.4. The van der Waals surface area contributed by atoms with Crippen LogP contribution in [0, 0.1) is 0 Å². The molecule has 0 amide bonds. The van der Waals surface area contributed by atoms with E-state index < -0.39 is 0 Å². The average molecular weight is 298 g/mol. The van der Waals surface area contributed by atoms with Gasteiger partial charge in [0.1, 0.15) is 0 Å². The van der Waals surface area contributed by atoms with E-state index in [1.807, 2.05) is 13.8 Å². The Kier molecular flexibility index (Phi) is 5.16. The fraction of sp³-hybridized carbons (Fsp3) is 0.533. The molecular weight excluding hydrogens is 278 g/mol. The Balaban J connectivity index is 2.07. The SMILES string of the molecule is CC1CN(C(C)C(=O)c2ccc(Cl)cc2)CC(CO)O1. The molecule has 0 aliphatic carbocycles. The second kappa shape index (κ2) is 6.68. The summed E-state index contributed by atoms with van der Waals surface area (Å²) in [6, 6.07) is 6.69. The van der Waals surface area contributed by atoms with E-state index in [0.717, 1.165) is 0 Å². The third-order valence-electron chi connectivity index (χ3n) is 3.61. The number of aliphatic hydroxyl groups is 1. The number of benzene rings is 1. The number of nitrogens with zero attached hydrogens (tertiary/aromatic N) is 1. The molecule has 2 rings (SSSR count). The van der Waals surface area contributed by atoms with Crippen molar-refractivity contribution in [2.45, 2.75) is 32.1 Å². The van der Waals surface area contributed by atoms with Gasteiger partial charge in [-0.1, -0.05) is 11.6 Å². The quantitative estimate of drug-likeness (QED) is 0.864. The minimum absolute atomic E-state index is 0.0152. The topological polar surface area (TPSA) is 49.8 Å². The number of ketones is 1. The fourth-order valence-corrected chi connectivity index (χ4v) is 2.65. The lowest BCUT2D eigenvalue weighted by Crippen LogP contribution is -2.53. The van der Waals surface area contributed by atoms with Crippen molar-refractivity contribution in [3.05, 3.63) is 34.9 Å². The number of halogens is 1. The van der Waals surface area contributed by atoms with Gasteiger partial charge in [-0.15, -0.1) is 0 Å². The van der Waals surface area contributed by atoms with Gasteiger partial charge in [-0.3, -0.25) is 9.69 Å². The summed E-state index contributed by atoms with van der Waals surface area (Å²) in [6.45, 7) is 5.08. The molecule has 1 aromatic carbocycles. The van der Waals surface area contributed by atoms with Gasteiger partial charge >= 0.3 is 0 Å². The highest BCUT2D eigenvalue weighted by Crippen LogP contribution is 2.18. The van der Waals surface area contributed by atoms with Crippen LogP contribution < -0.4 is 0 Å². The summed E-state index contributed by atoms with van der Waals surface area (Å²) in [5.74, 6) is 0.0625. The van der Waals surface area contributed by atoms with Crippen LogP contribution in [-0.2, 0) is 4.74 Å². The molecule has 5 heteroatoms. The van der Waals surface area contributed by atoms with Crippen LogP contribution in [0.25, 0.3) is 0 Å². The van der Waals surface area contributed by atoms with Gasteiger partial charge in [0, 0.05) is 23.7 Å². The van der Waals surface area contributed by atoms with Crippen LogP contribution >= 0.6 is 11.6 Å². The van der Waals surface area contributed by atoms with Crippen LogP contribution in [-0.4, -0.2) is 53.7 Å². The Morgan fingerprint density at radius 3 is 2.70 bits per heavy atom. The molecule has 0 radical (unpaired) electrons. The van der Waals surface area contributed by atoms with Crippen LogP contribution in [0.3, 0.4) is 0 Å². The van der Waals surface area contributed by atoms with Crippen LogP contribution in [0.1, 0.15) is 24.2 Å². The first-order valence-corrected chi connectivity index (χ1v) is 7.19. The van der Waals surface area contributed by atoms with Crippen molar-refractivity contribution in [1.29, 1.82) is 0 Å². The number of morpholine rings is 1. The highest BCUT2D eigenvalue weighted by Gasteiger charge is 2.31. The smallest absolute Gasteiger partial charge is 0.179 e. The Morgan fingerprint density at radius 1 is 1.45 bits per heavy atom. The molecular formula is C15H20ClNO3. The molecule has 4 nitrogen and oxygen atoms in total. The zero-order valence-corrected chi connectivity index (χ0v) is 12.5. The first-order valence-electron chi connectivity index (χ1n) is 6.81. The van der Waals surface area contributed by atoms with E-state index in [0.29, 0.717) is 23.7 Å². The summed E-state index contributed by atoms with van der Waals surface area (Å²) < 4.78 is 5.60. The van der Waals surface area contributed by atoms with Gasteiger partial charge in [0.15, 0.2) is 5.78 Å². The van der Waals surface area contributed by atoms with Crippen molar-refractivity contribution in [2.24, 2.45) is 0 Å². The van der Waals surface area contributed by atoms with E-state index in [1.54, 1.807) is 24.3 Å². The molecule has 1 aliphatic heterocycles. The van der Waals surface area contributed by atoms with Gasteiger partial charge in [-0.05, 0) is 38.1 Å².